The smallest absolute Gasteiger partial charge is 0.301 e. The third kappa shape index (κ3) is 2.77. The minimum absolute atomic E-state index is 0.149. The van der Waals surface area contributed by atoms with E-state index in [1.165, 1.54) is 0 Å². The Morgan fingerprint density at radius 2 is 2.33 bits per heavy atom. The second kappa shape index (κ2) is 4.74. The van der Waals surface area contributed by atoms with Crippen LogP contribution in [0.15, 0.2) is 24.3 Å². The van der Waals surface area contributed by atoms with Crippen molar-refractivity contribution in [3.8, 4) is 5.75 Å². The maximum absolute atomic E-state index is 10.3. The summed E-state index contributed by atoms with van der Waals surface area (Å²) >= 11 is -2.18. The fourth-order valence-electron chi connectivity index (χ4n) is 1.65. The van der Waals surface area contributed by atoms with Gasteiger partial charge in [-0.2, -0.15) is 4.21 Å². The van der Waals surface area contributed by atoms with E-state index in [1.54, 1.807) is 0 Å². The minimum Gasteiger partial charge on any atom is -0.493 e. The van der Waals surface area contributed by atoms with Crippen LogP contribution in [0, 0.1) is 5.92 Å². The van der Waals surface area contributed by atoms with Crippen molar-refractivity contribution in [1.82, 2.24) is 0 Å². The molecule has 1 aromatic rings. The summed E-state index contributed by atoms with van der Waals surface area (Å²) < 4.78 is 29.0. The molecule has 1 aromatic carbocycles. The maximum atomic E-state index is 10.3. The monoisotopic (exact) mass is 228 g/mol. The van der Waals surface area contributed by atoms with Crippen LogP contribution in [-0.4, -0.2) is 22.0 Å². The summed E-state index contributed by atoms with van der Waals surface area (Å²) in [5.41, 5.74) is 1.13. The molecule has 1 aliphatic heterocycles. The fourth-order valence-corrected chi connectivity index (χ4v) is 1.96. The van der Waals surface area contributed by atoms with Gasteiger partial charge in [-0.1, -0.05) is 18.2 Å². The molecule has 1 heterocycles. The number of fused-ring (bicyclic) bond motifs is 1. The molecule has 1 aliphatic rings. The van der Waals surface area contributed by atoms with E-state index in [1.807, 2.05) is 24.3 Å². The van der Waals surface area contributed by atoms with Gasteiger partial charge in [0.25, 0.3) is 0 Å². The van der Waals surface area contributed by atoms with Gasteiger partial charge in [-0.25, -0.2) is 0 Å². The predicted molar refractivity (Wildman–Crippen MR) is 55.9 cm³/mol. The van der Waals surface area contributed by atoms with E-state index >= 15 is 0 Å². The second-order valence-electron chi connectivity index (χ2n) is 3.49. The van der Waals surface area contributed by atoms with Gasteiger partial charge in [0, 0.05) is 5.92 Å². The highest BCUT2D eigenvalue weighted by Gasteiger charge is 2.20. The topological polar surface area (TPSA) is 55.8 Å². The first-order valence-corrected chi connectivity index (χ1v) is 5.73. The number of hydrogen-bond donors (Lipinski definition) is 1. The molecule has 1 N–H and O–H groups in total. The molecule has 2 atom stereocenters. The highest BCUT2D eigenvalue weighted by atomic mass is 32.2. The van der Waals surface area contributed by atoms with Crippen LogP contribution < -0.4 is 4.74 Å². The van der Waals surface area contributed by atoms with Gasteiger partial charge in [0.2, 0.25) is 0 Å². The minimum atomic E-state index is -2.18. The lowest BCUT2D eigenvalue weighted by Crippen LogP contribution is -2.25. The number of benzene rings is 1. The van der Waals surface area contributed by atoms with Crippen LogP contribution in [0.2, 0.25) is 0 Å². The number of para-hydroxylation sites is 1. The molecule has 15 heavy (non-hydrogen) atoms. The lowest BCUT2D eigenvalue weighted by molar-refractivity contribution is 0.161. The van der Waals surface area contributed by atoms with Crippen LogP contribution >= 0.6 is 0 Å². The van der Waals surface area contributed by atoms with Crippen molar-refractivity contribution in [3.63, 3.8) is 0 Å². The molecule has 5 heteroatoms. The molecular formula is C10H12O4S. The molecule has 0 amide bonds. The largest absolute Gasteiger partial charge is 0.493 e. The predicted octanol–water partition coefficient (Wildman–Crippen LogP) is 1.39. The number of ether oxygens (including phenoxy) is 1. The second-order valence-corrected chi connectivity index (χ2v) is 4.16. The first kappa shape index (κ1) is 10.6. The normalized spacial score (nSPS) is 21.5. The molecule has 4 nitrogen and oxygen atoms in total. The number of rotatable bonds is 3. The van der Waals surface area contributed by atoms with Crippen LogP contribution in [-0.2, 0) is 22.0 Å². The van der Waals surface area contributed by atoms with Crippen LogP contribution in [0.3, 0.4) is 0 Å². The van der Waals surface area contributed by atoms with Crippen molar-refractivity contribution in [2.24, 2.45) is 5.92 Å². The van der Waals surface area contributed by atoms with Gasteiger partial charge < -0.3 is 4.74 Å². The van der Waals surface area contributed by atoms with E-state index in [9.17, 15) is 4.21 Å². The van der Waals surface area contributed by atoms with E-state index in [2.05, 4.69) is 4.18 Å². The molecule has 0 radical (unpaired) electrons. The van der Waals surface area contributed by atoms with Crippen molar-refractivity contribution in [2.75, 3.05) is 13.2 Å². The zero-order valence-electron chi connectivity index (χ0n) is 8.09. The van der Waals surface area contributed by atoms with Gasteiger partial charge in [0.15, 0.2) is 0 Å². The highest BCUT2D eigenvalue weighted by Crippen LogP contribution is 2.26. The van der Waals surface area contributed by atoms with E-state index in [0.717, 1.165) is 17.7 Å². The Kier molecular flexibility index (Phi) is 3.35. The highest BCUT2D eigenvalue weighted by molar-refractivity contribution is 7.74. The SMILES string of the molecule is O=S(O)OCC1COc2ccccc2C1. The Balaban J connectivity index is 1.96. The lowest BCUT2D eigenvalue weighted by Gasteiger charge is -2.24. The van der Waals surface area contributed by atoms with Crippen molar-refractivity contribution in [1.29, 1.82) is 0 Å². The summed E-state index contributed by atoms with van der Waals surface area (Å²) in [5, 5.41) is 0. The van der Waals surface area contributed by atoms with Crippen molar-refractivity contribution >= 4 is 11.4 Å². The zero-order valence-corrected chi connectivity index (χ0v) is 8.90. The molecule has 2 unspecified atom stereocenters. The summed E-state index contributed by atoms with van der Waals surface area (Å²) in [4.78, 5) is 0. The average Bonchev–Trinajstić information content (AvgIpc) is 2.26. The van der Waals surface area contributed by atoms with Crippen molar-refractivity contribution in [2.45, 2.75) is 6.42 Å². The average molecular weight is 228 g/mol. The Hall–Kier alpha value is -0.910. The van der Waals surface area contributed by atoms with Crippen LogP contribution in [0.1, 0.15) is 5.56 Å². The van der Waals surface area contributed by atoms with E-state index < -0.39 is 11.4 Å². The maximum Gasteiger partial charge on any atom is 0.301 e. The van der Waals surface area contributed by atoms with Crippen LogP contribution in [0.4, 0.5) is 0 Å². The summed E-state index contributed by atoms with van der Waals surface area (Å²) in [6, 6.07) is 7.81. The Labute approximate surface area is 90.7 Å². The Morgan fingerprint density at radius 1 is 1.53 bits per heavy atom. The quantitative estimate of drug-likeness (QED) is 0.794. The third-order valence-corrected chi connectivity index (χ3v) is 2.70. The lowest BCUT2D eigenvalue weighted by atomic mass is 9.98. The molecule has 0 aromatic heterocycles. The van der Waals surface area contributed by atoms with Crippen LogP contribution in [0.25, 0.3) is 0 Å². The first-order chi connectivity index (χ1) is 7.25. The molecule has 2 rings (SSSR count). The Morgan fingerprint density at radius 3 is 3.13 bits per heavy atom. The number of hydrogen-bond acceptors (Lipinski definition) is 3. The van der Waals surface area contributed by atoms with E-state index in [-0.39, 0.29) is 12.5 Å². The van der Waals surface area contributed by atoms with Gasteiger partial charge >= 0.3 is 11.4 Å². The van der Waals surface area contributed by atoms with Gasteiger partial charge in [0.05, 0.1) is 13.2 Å². The summed E-state index contributed by atoms with van der Waals surface area (Å²) in [7, 11) is 0. The van der Waals surface area contributed by atoms with Crippen LogP contribution in [0.5, 0.6) is 5.75 Å². The summed E-state index contributed by atoms with van der Waals surface area (Å²) in [6.45, 7) is 0.783. The van der Waals surface area contributed by atoms with Gasteiger partial charge in [-0.15, -0.1) is 0 Å². The molecule has 0 spiro atoms. The standard InChI is InChI=1S/C10H12O4S/c11-15(12)14-7-8-5-9-3-1-2-4-10(9)13-6-8/h1-4,8H,5-7H2,(H,11,12). The summed E-state index contributed by atoms with van der Waals surface area (Å²) in [5.74, 6) is 1.05. The van der Waals surface area contributed by atoms with Crippen molar-refractivity contribution < 1.29 is 17.7 Å². The zero-order chi connectivity index (χ0) is 10.7. The fraction of sp³-hybridized carbons (Fsp3) is 0.400. The third-order valence-electron chi connectivity index (χ3n) is 2.36. The summed E-state index contributed by atoms with van der Waals surface area (Å²) in [6.07, 6.45) is 0.827. The van der Waals surface area contributed by atoms with E-state index in [0.29, 0.717) is 6.61 Å². The molecule has 82 valence electrons. The van der Waals surface area contributed by atoms with Crippen molar-refractivity contribution in [3.05, 3.63) is 29.8 Å². The van der Waals surface area contributed by atoms with Gasteiger partial charge in [-0.05, 0) is 18.1 Å². The Bertz CT molecular complexity index is 366. The van der Waals surface area contributed by atoms with Gasteiger partial charge in [-0.3, -0.25) is 8.74 Å². The molecule has 0 saturated carbocycles. The molecular weight excluding hydrogens is 216 g/mol. The van der Waals surface area contributed by atoms with E-state index in [4.69, 9.17) is 9.29 Å². The molecule has 0 bridgehead atoms. The first-order valence-electron chi connectivity index (χ1n) is 4.70. The molecule has 0 aliphatic carbocycles. The molecule has 0 fully saturated rings. The molecule has 0 saturated heterocycles. The van der Waals surface area contributed by atoms with Gasteiger partial charge in [0.1, 0.15) is 5.75 Å².